The van der Waals surface area contributed by atoms with E-state index in [4.69, 9.17) is 0 Å². The molecule has 1 N–H and O–H groups in total. The molecular formula is C14H21BrN2O3S. The lowest BCUT2D eigenvalue weighted by Gasteiger charge is -2.22. The maximum atomic E-state index is 11.9. The fourth-order valence-corrected chi connectivity index (χ4v) is 3.03. The molecule has 0 radical (unpaired) electrons. The Morgan fingerprint density at radius 3 is 2.33 bits per heavy atom. The van der Waals surface area contributed by atoms with Gasteiger partial charge in [-0.15, -0.1) is 0 Å². The maximum Gasteiger partial charge on any atom is 0.232 e. The van der Waals surface area contributed by atoms with Gasteiger partial charge in [0.2, 0.25) is 15.9 Å². The Labute approximate surface area is 134 Å². The van der Waals surface area contributed by atoms with Crippen LogP contribution >= 0.6 is 15.9 Å². The summed E-state index contributed by atoms with van der Waals surface area (Å²) in [4.78, 5) is 11.6. The molecule has 0 spiro atoms. The summed E-state index contributed by atoms with van der Waals surface area (Å²) in [6, 6.07) is 7.01. The molecule has 5 nitrogen and oxygen atoms in total. The van der Waals surface area contributed by atoms with Gasteiger partial charge in [0.15, 0.2) is 0 Å². The highest BCUT2D eigenvalue weighted by atomic mass is 79.9. The van der Waals surface area contributed by atoms with Gasteiger partial charge in [-0.05, 0) is 30.2 Å². The third-order valence-corrected chi connectivity index (χ3v) is 4.47. The van der Waals surface area contributed by atoms with E-state index in [1.54, 1.807) is 24.3 Å². The monoisotopic (exact) mass is 376 g/mol. The Balaban J connectivity index is 2.69. The lowest BCUT2D eigenvalue weighted by Crippen LogP contribution is -2.38. The van der Waals surface area contributed by atoms with Crippen molar-refractivity contribution in [2.45, 2.75) is 20.3 Å². The third kappa shape index (κ3) is 6.48. The zero-order valence-corrected chi connectivity index (χ0v) is 14.9. The first-order valence-corrected chi connectivity index (χ1v) is 9.34. The lowest BCUT2D eigenvalue weighted by atomic mass is 10.1. The minimum absolute atomic E-state index is 0.0609. The minimum atomic E-state index is -3.39. The van der Waals surface area contributed by atoms with Gasteiger partial charge in [-0.2, -0.15) is 0 Å². The molecule has 7 heteroatoms. The number of halogens is 1. The Bertz CT molecular complexity index is 570. The predicted octanol–water partition coefficient (Wildman–Crippen LogP) is 2.38. The molecule has 1 aromatic rings. The average molecular weight is 377 g/mol. The van der Waals surface area contributed by atoms with E-state index < -0.39 is 10.0 Å². The first kappa shape index (κ1) is 18.0. The number of hydrogen-bond donors (Lipinski definition) is 1. The van der Waals surface area contributed by atoms with Crippen LogP contribution in [0.5, 0.6) is 0 Å². The van der Waals surface area contributed by atoms with E-state index in [9.17, 15) is 13.2 Å². The van der Waals surface area contributed by atoms with Gasteiger partial charge in [0.1, 0.15) is 0 Å². The van der Waals surface area contributed by atoms with Crippen LogP contribution in [-0.4, -0.2) is 33.7 Å². The van der Waals surface area contributed by atoms with Crippen LogP contribution < -0.4 is 9.62 Å². The molecule has 0 bridgehead atoms. The molecule has 0 unspecified atom stereocenters. The van der Waals surface area contributed by atoms with Crippen LogP contribution in [0.3, 0.4) is 0 Å². The average Bonchev–Trinajstić information content (AvgIpc) is 2.34. The minimum Gasteiger partial charge on any atom is -0.354 e. The summed E-state index contributed by atoms with van der Waals surface area (Å²) in [5, 5.41) is 2.74. The van der Waals surface area contributed by atoms with Crippen molar-refractivity contribution >= 4 is 37.5 Å². The molecule has 0 aliphatic heterocycles. The van der Waals surface area contributed by atoms with Gasteiger partial charge in [0.25, 0.3) is 0 Å². The second-order valence-corrected chi connectivity index (χ2v) is 8.08. The van der Waals surface area contributed by atoms with Gasteiger partial charge >= 0.3 is 0 Å². The van der Waals surface area contributed by atoms with E-state index in [0.717, 1.165) is 10.7 Å². The summed E-state index contributed by atoms with van der Waals surface area (Å²) in [6.07, 6.45) is 1.60. The smallest absolute Gasteiger partial charge is 0.232 e. The first-order chi connectivity index (χ1) is 9.70. The molecule has 0 saturated carbocycles. The van der Waals surface area contributed by atoms with Crippen molar-refractivity contribution < 1.29 is 13.2 Å². The van der Waals surface area contributed by atoms with Crippen molar-refractivity contribution in [1.29, 1.82) is 0 Å². The zero-order chi connectivity index (χ0) is 16.0. The molecule has 0 fully saturated rings. The first-order valence-electron chi connectivity index (χ1n) is 6.70. The van der Waals surface area contributed by atoms with Crippen LogP contribution in [0.2, 0.25) is 0 Å². The summed E-state index contributed by atoms with van der Waals surface area (Å²) in [5.74, 6) is 0.219. The number of rotatable bonds is 7. The Morgan fingerprint density at radius 1 is 1.29 bits per heavy atom. The summed E-state index contributed by atoms with van der Waals surface area (Å²) in [6.45, 7) is 4.42. The molecule has 0 atom stereocenters. The van der Waals surface area contributed by atoms with Crippen LogP contribution in [-0.2, 0) is 14.8 Å². The molecule has 1 amide bonds. The van der Waals surface area contributed by atoms with Crippen LogP contribution in [0.15, 0.2) is 28.7 Å². The molecule has 0 aromatic heterocycles. The van der Waals surface area contributed by atoms with Crippen molar-refractivity contribution in [1.82, 2.24) is 5.32 Å². The van der Waals surface area contributed by atoms with E-state index >= 15 is 0 Å². The highest BCUT2D eigenvalue weighted by Crippen LogP contribution is 2.20. The quantitative estimate of drug-likeness (QED) is 0.794. The van der Waals surface area contributed by atoms with Gasteiger partial charge < -0.3 is 5.32 Å². The maximum absolute atomic E-state index is 11.9. The Morgan fingerprint density at radius 2 is 1.86 bits per heavy atom. The number of carbonyl (C=O) groups is 1. The number of amides is 1. The molecule has 1 rings (SSSR count). The largest absolute Gasteiger partial charge is 0.354 e. The van der Waals surface area contributed by atoms with Gasteiger partial charge in [0, 0.05) is 17.4 Å². The summed E-state index contributed by atoms with van der Waals surface area (Å²) in [7, 11) is -3.39. The van der Waals surface area contributed by atoms with Crippen LogP contribution in [0.25, 0.3) is 0 Å². The van der Waals surface area contributed by atoms with Crippen LogP contribution in [0.1, 0.15) is 20.3 Å². The fourth-order valence-electron chi connectivity index (χ4n) is 1.83. The van der Waals surface area contributed by atoms with Crippen molar-refractivity contribution in [3.8, 4) is 0 Å². The fraction of sp³-hybridized carbons (Fsp3) is 0.500. The summed E-state index contributed by atoms with van der Waals surface area (Å²) >= 11 is 3.31. The Kier molecular flexibility index (Phi) is 6.67. The summed E-state index contributed by atoms with van der Waals surface area (Å²) < 4.78 is 25.9. The van der Waals surface area contributed by atoms with Crippen LogP contribution in [0.4, 0.5) is 5.69 Å². The van der Waals surface area contributed by atoms with Gasteiger partial charge in [-0.1, -0.05) is 29.8 Å². The van der Waals surface area contributed by atoms with Crippen molar-refractivity contribution in [3.63, 3.8) is 0 Å². The van der Waals surface area contributed by atoms with E-state index in [1.807, 2.05) is 13.8 Å². The number of anilines is 1. The highest BCUT2D eigenvalue weighted by Gasteiger charge is 2.17. The van der Waals surface area contributed by atoms with Crippen molar-refractivity contribution in [2.24, 2.45) is 5.92 Å². The third-order valence-electron chi connectivity index (χ3n) is 2.75. The highest BCUT2D eigenvalue weighted by molar-refractivity contribution is 9.10. The predicted molar refractivity (Wildman–Crippen MR) is 88.8 cm³/mol. The molecule has 1 aromatic carbocycles. The van der Waals surface area contributed by atoms with E-state index in [1.165, 1.54) is 4.31 Å². The molecule has 0 heterocycles. The van der Waals surface area contributed by atoms with E-state index in [-0.39, 0.29) is 24.9 Å². The lowest BCUT2D eigenvalue weighted by molar-refractivity contribution is -0.121. The van der Waals surface area contributed by atoms with Gasteiger partial charge in [-0.25, -0.2) is 8.42 Å². The number of sulfonamides is 1. The number of nitrogens with one attached hydrogen (secondary N) is 1. The standard InChI is InChI=1S/C14H21BrN2O3S/c1-11(2)10-14(18)16-8-9-17(21(3,19)20)13-6-4-12(15)5-7-13/h4-7,11H,8-10H2,1-3H3,(H,16,18). The molecule has 118 valence electrons. The second-order valence-electron chi connectivity index (χ2n) is 5.26. The normalized spacial score (nSPS) is 11.5. The molecule has 0 aliphatic carbocycles. The van der Waals surface area contributed by atoms with E-state index in [2.05, 4.69) is 21.2 Å². The number of carbonyl (C=O) groups excluding carboxylic acids is 1. The molecule has 0 saturated heterocycles. The SMILES string of the molecule is CC(C)CC(=O)NCCN(c1ccc(Br)cc1)S(C)(=O)=O. The summed E-state index contributed by atoms with van der Waals surface area (Å²) in [5.41, 5.74) is 0.582. The zero-order valence-electron chi connectivity index (χ0n) is 12.5. The topological polar surface area (TPSA) is 66.5 Å². The van der Waals surface area contributed by atoms with Crippen molar-refractivity contribution in [3.05, 3.63) is 28.7 Å². The van der Waals surface area contributed by atoms with Gasteiger partial charge in [-0.3, -0.25) is 9.10 Å². The van der Waals surface area contributed by atoms with Crippen LogP contribution in [0, 0.1) is 5.92 Å². The van der Waals surface area contributed by atoms with Crippen molar-refractivity contribution in [2.75, 3.05) is 23.7 Å². The van der Waals surface area contributed by atoms with E-state index in [0.29, 0.717) is 12.1 Å². The molecule has 0 aliphatic rings. The molecule has 21 heavy (non-hydrogen) atoms. The number of nitrogens with zero attached hydrogens (tertiary/aromatic N) is 1. The van der Waals surface area contributed by atoms with Gasteiger partial charge in [0.05, 0.1) is 18.5 Å². The Hall–Kier alpha value is -1.08. The molecular weight excluding hydrogens is 356 g/mol. The number of benzene rings is 1. The number of hydrogen-bond acceptors (Lipinski definition) is 3. The second kappa shape index (κ2) is 7.79.